The Bertz CT molecular complexity index is 634. The lowest BCUT2D eigenvalue weighted by Gasteiger charge is -2.16. The molecule has 1 amide bonds. The number of amides is 1. The average molecular weight is 311 g/mol. The molecule has 2 rings (SSSR count). The molecule has 2 aromatic rings. The van der Waals surface area contributed by atoms with Crippen LogP contribution < -0.4 is 10.1 Å². The summed E-state index contributed by atoms with van der Waals surface area (Å²) in [6, 6.07) is 16.1. The minimum atomic E-state index is -0.0305. The van der Waals surface area contributed by atoms with Crippen LogP contribution >= 0.6 is 0 Å². The predicted octanol–water partition coefficient (Wildman–Crippen LogP) is 3.68. The Labute approximate surface area is 138 Å². The molecule has 0 spiro atoms. The van der Waals surface area contributed by atoms with Crippen molar-refractivity contribution in [2.75, 3.05) is 6.61 Å². The number of rotatable bonds is 7. The van der Waals surface area contributed by atoms with Gasteiger partial charge in [-0.05, 0) is 43.0 Å². The van der Waals surface area contributed by atoms with Crippen LogP contribution in [0.3, 0.4) is 0 Å². The summed E-state index contributed by atoms with van der Waals surface area (Å²) in [5, 5.41) is 2.98. The molecule has 0 heterocycles. The highest BCUT2D eigenvalue weighted by Gasteiger charge is 2.09. The van der Waals surface area contributed by atoms with Crippen LogP contribution in [0.5, 0.6) is 5.75 Å². The molecule has 3 heteroatoms. The summed E-state index contributed by atoms with van der Waals surface area (Å²) in [5.74, 6) is 0.888. The molecule has 0 fully saturated rings. The molecule has 0 aliphatic heterocycles. The zero-order chi connectivity index (χ0) is 16.7. The van der Waals surface area contributed by atoms with Gasteiger partial charge in [0.25, 0.3) is 0 Å². The molecule has 1 N–H and O–H groups in total. The van der Waals surface area contributed by atoms with Crippen molar-refractivity contribution in [3.8, 4) is 5.75 Å². The number of para-hydroxylation sites is 1. The van der Waals surface area contributed by atoms with Crippen molar-refractivity contribution >= 4 is 5.91 Å². The Morgan fingerprint density at radius 2 is 1.74 bits per heavy atom. The van der Waals surface area contributed by atoms with Gasteiger partial charge in [-0.2, -0.15) is 0 Å². The van der Waals surface area contributed by atoms with E-state index in [1.807, 2.05) is 50.2 Å². The number of carbonyl (C=O) groups excluding carboxylic acids is 1. The Morgan fingerprint density at radius 1 is 1.09 bits per heavy atom. The fourth-order valence-electron chi connectivity index (χ4n) is 2.38. The van der Waals surface area contributed by atoms with E-state index in [9.17, 15) is 4.79 Å². The molecule has 3 nitrogen and oxygen atoms in total. The van der Waals surface area contributed by atoms with Crippen molar-refractivity contribution in [1.82, 2.24) is 5.32 Å². The minimum Gasteiger partial charge on any atom is -0.491 e. The van der Waals surface area contributed by atoms with Gasteiger partial charge in [0, 0.05) is 0 Å². The molecular weight excluding hydrogens is 286 g/mol. The van der Waals surface area contributed by atoms with Crippen LogP contribution in [0.4, 0.5) is 0 Å². The van der Waals surface area contributed by atoms with Crippen molar-refractivity contribution in [2.24, 2.45) is 0 Å². The van der Waals surface area contributed by atoms with Crippen molar-refractivity contribution in [3.05, 3.63) is 65.2 Å². The molecule has 1 unspecified atom stereocenters. The van der Waals surface area contributed by atoms with E-state index in [0.717, 1.165) is 23.3 Å². The molecule has 23 heavy (non-hydrogen) atoms. The summed E-state index contributed by atoms with van der Waals surface area (Å²) < 4.78 is 5.77. The van der Waals surface area contributed by atoms with Crippen LogP contribution in [0.25, 0.3) is 0 Å². The maximum atomic E-state index is 12.1. The van der Waals surface area contributed by atoms with E-state index < -0.39 is 0 Å². The first-order chi connectivity index (χ1) is 11.1. The van der Waals surface area contributed by atoms with Gasteiger partial charge in [-0.1, -0.05) is 49.4 Å². The highest BCUT2D eigenvalue weighted by atomic mass is 16.5. The monoisotopic (exact) mass is 311 g/mol. The van der Waals surface area contributed by atoms with Crippen LogP contribution in [0.2, 0.25) is 0 Å². The topological polar surface area (TPSA) is 38.3 Å². The Kier molecular flexibility index (Phi) is 6.21. The SMILES string of the molecule is CCc1ccc(CC(=O)NC(C)COc2ccccc2C)cc1. The van der Waals surface area contributed by atoms with E-state index in [0.29, 0.717) is 13.0 Å². The van der Waals surface area contributed by atoms with E-state index in [4.69, 9.17) is 4.74 Å². The zero-order valence-electron chi connectivity index (χ0n) is 14.1. The summed E-state index contributed by atoms with van der Waals surface area (Å²) in [6.45, 7) is 6.55. The van der Waals surface area contributed by atoms with Crippen LogP contribution in [0, 0.1) is 6.92 Å². The summed E-state index contributed by atoms with van der Waals surface area (Å²) in [4.78, 5) is 12.1. The molecule has 0 saturated carbocycles. The largest absolute Gasteiger partial charge is 0.491 e. The fraction of sp³-hybridized carbons (Fsp3) is 0.350. The number of hydrogen-bond acceptors (Lipinski definition) is 2. The van der Waals surface area contributed by atoms with Gasteiger partial charge in [0.15, 0.2) is 0 Å². The summed E-state index contributed by atoms with van der Waals surface area (Å²) in [5.41, 5.74) is 3.42. The number of aryl methyl sites for hydroxylation is 2. The van der Waals surface area contributed by atoms with E-state index in [2.05, 4.69) is 24.4 Å². The summed E-state index contributed by atoms with van der Waals surface area (Å²) in [6.07, 6.45) is 1.42. The normalized spacial score (nSPS) is 11.8. The first kappa shape index (κ1) is 17.1. The lowest BCUT2D eigenvalue weighted by atomic mass is 10.1. The van der Waals surface area contributed by atoms with E-state index >= 15 is 0 Å². The standard InChI is InChI=1S/C20H25NO2/c1-4-17-9-11-18(12-10-17)13-20(22)21-16(3)14-23-19-8-6-5-7-15(19)2/h5-12,16H,4,13-14H2,1-3H3,(H,21,22). The van der Waals surface area contributed by atoms with Gasteiger partial charge in [0.05, 0.1) is 12.5 Å². The third-order valence-corrected chi connectivity index (χ3v) is 3.79. The second-order valence-electron chi connectivity index (χ2n) is 5.89. The van der Waals surface area contributed by atoms with Gasteiger partial charge in [-0.15, -0.1) is 0 Å². The van der Waals surface area contributed by atoms with Crippen molar-refractivity contribution in [3.63, 3.8) is 0 Å². The van der Waals surface area contributed by atoms with Gasteiger partial charge in [-0.3, -0.25) is 4.79 Å². The predicted molar refractivity (Wildman–Crippen MR) is 93.8 cm³/mol. The van der Waals surface area contributed by atoms with Gasteiger partial charge in [0.1, 0.15) is 12.4 Å². The highest BCUT2D eigenvalue weighted by molar-refractivity contribution is 5.78. The van der Waals surface area contributed by atoms with E-state index in [-0.39, 0.29) is 11.9 Å². The lowest BCUT2D eigenvalue weighted by molar-refractivity contribution is -0.121. The van der Waals surface area contributed by atoms with E-state index in [1.54, 1.807) is 0 Å². The fourth-order valence-corrected chi connectivity index (χ4v) is 2.38. The first-order valence-corrected chi connectivity index (χ1v) is 8.14. The Morgan fingerprint density at radius 3 is 2.39 bits per heavy atom. The van der Waals surface area contributed by atoms with Gasteiger partial charge < -0.3 is 10.1 Å². The van der Waals surface area contributed by atoms with Crippen LogP contribution in [0.1, 0.15) is 30.5 Å². The molecule has 0 bridgehead atoms. The second kappa shape index (κ2) is 8.37. The molecule has 0 saturated heterocycles. The van der Waals surface area contributed by atoms with Gasteiger partial charge in [-0.25, -0.2) is 0 Å². The second-order valence-corrected chi connectivity index (χ2v) is 5.89. The quantitative estimate of drug-likeness (QED) is 0.847. The van der Waals surface area contributed by atoms with Crippen molar-refractivity contribution in [1.29, 1.82) is 0 Å². The molecule has 122 valence electrons. The molecule has 2 aromatic carbocycles. The average Bonchev–Trinajstić information content (AvgIpc) is 2.54. The molecular formula is C20H25NO2. The van der Waals surface area contributed by atoms with Crippen LogP contribution in [-0.2, 0) is 17.6 Å². The smallest absolute Gasteiger partial charge is 0.224 e. The van der Waals surface area contributed by atoms with E-state index in [1.165, 1.54) is 5.56 Å². The molecule has 0 radical (unpaired) electrons. The van der Waals surface area contributed by atoms with Crippen LogP contribution in [0.15, 0.2) is 48.5 Å². The number of ether oxygens (including phenoxy) is 1. The van der Waals surface area contributed by atoms with Gasteiger partial charge in [0.2, 0.25) is 5.91 Å². The number of benzene rings is 2. The molecule has 0 aromatic heterocycles. The Hall–Kier alpha value is -2.29. The lowest BCUT2D eigenvalue weighted by Crippen LogP contribution is -2.37. The summed E-state index contributed by atoms with van der Waals surface area (Å²) >= 11 is 0. The minimum absolute atomic E-state index is 0.0233. The van der Waals surface area contributed by atoms with Crippen molar-refractivity contribution < 1.29 is 9.53 Å². The van der Waals surface area contributed by atoms with Gasteiger partial charge >= 0.3 is 0 Å². The molecule has 0 aliphatic carbocycles. The number of nitrogens with one attached hydrogen (secondary N) is 1. The Balaban J connectivity index is 1.79. The number of carbonyl (C=O) groups is 1. The summed E-state index contributed by atoms with van der Waals surface area (Å²) in [7, 11) is 0. The highest BCUT2D eigenvalue weighted by Crippen LogP contribution is 2.16. The molecule has 1 atom stereocenters. The molecule has 0 aliphatic rings. The third-order valence-electron chi connectivity index (χ3n) is 3.79. The third kappa shape index (κ3) is 5.44. The maximum Gasteiger partial charge on any atom is 0.224 e. The zero-order valence-corrected chi connectivity index (χ0v) is 14.1. The van der Waals surface area contributed by atoms with Crippen LogP contribution in [-0.4, -0.2) is 18.6 Å². The maximum absolute atomic E-state index is 12.1. The van der Waals surface area contributed by atoms with Crippen molar-refractivity contribution in [2.45, 2.75) is 39.7 Å². The number of hydrogen-bond donors (Lipinski definition) is 1. The first-order valence-electron chi connectivity index (χ1n) is 8.14.